The van der Waals surface area contributed by atoms with E-state index < -0.39 is 0 Å². The van der Waals surface area contributed by atoms with E-state index in [0.29, 0.717) is 12.4 Å². The standard InChI is InChI=1S/C16H20N4O2/c1-15-6-5-14-17-18-19-20(14)16(9-15,10-22-2)8-11-3-4-12(21)7-13(11)15/h3-4,7,21H,5-6,8-10H2,1-2H3/t15-,16-/m1/s1. The molecule has 2 aromatic rings. The third kappa shape index (κ3) is 1.80. The molecule has 0 unspecified atom stereocenters. The van der Waals surface area contributed by atoms with Crippen molar-refractivity contribution in [2.24, 2.45) is 0 Å². The summed E-state index contributed by atoms with van der Waals surface area (Å²) in [6.07, 6.45) is 3.55. The van der Waals surface area contributed by atoms with Crippen LogP contribution in [0.15, 0.2) is 18.2 Å². The summed E-state index contributed by atoms with van der Waals surface area (Å²) in [5.41, 5.74) is 2.24. The fourth-order valence-electron chi connectivity index (χ4n) is 4.44. The van der Waals surface area contributed by atoms with Crippen LogP contribution in [0.5, 0.6) is 5.75 Å². The number of phenols is 1. The first-order valence-electron chi connectivity index (χ1n) is 7.65. The Labute approximate surface area is 129 Å². The third-order valence-electron chi connectivity index (χ3n) is 5.28. The summed E-state index contributed by atoms with van der Waals surface area (Å²) in [4.78, 5) is 0. The fourth-order valence-corrected chi connectivity index (χ4v) is 4.44. The number of aryl methyl sites for hydroxylation is 1. The van der Waals surface area contributed by atoms with E-state index in [4.69, 9.17) is 4.74 Å². The molecule has 2 aliphatic rings. The van der Waals surface area contributed by atoms with Gasteiger partial charge in [-0.25, -0.2) is 4.68 Å². The summed E-state index contributed by atoms with van der Waals surface area (Å²) >= 11 is 0. The Morgan fingerprint density at radius 3 is 3.09 bits per heavy atom. The maximum absolute atomic E-state index is 9.91. The number of ether oxygens (including phenoxy) is 1. The van der Waals surface area contributed by atoms with Crippen molar-refractivity contribution in [2.75, 3.05) is 13.7 Å². The molecule has 22 heavy (non-hydrogen) atoms. The van der Waals surface area contributed by atoms with Crippen LogP contribution in [0, 0.1) is 0 Å². The van der Waals surface area contributed by atoms with E-state index in [1.54, 1.807) is 13.2 Å². The van der Waals surface area contributed by atoms with Gasteiger partial charge in [0, 0.05) is 20.0 Å². The maximum Gasteiger partial charge on any atom is 0.152 e. The lowest BCUT2D eigenvalue weighted by atomic mass is 9.63. The number of hydrogen-bond donors (Lipinski definition) is 1. The van der Waals surface area contributed by atoms with Gasteiger partial charge in [-0.3, -0.25) is 0 Å². The minimum atomic E-state index is -0.247. The summed E-state index contributed by atoms with van der Waals surface area (Å²) in [7, 11) is 1.73. The summed E-state index contributed by atoms with van der Waals surface area (Å²) in [5, 5.41) is 22.3. The SMILES string of the molecule is COC[C@]12Cc3ccc(O)cc3[C@](C)(CCc3nnnn31)C2. The van der Waals surface area contributed by atoms with Gasteiger partial charge in [-0.2, -0.15) is 0 Å². The van der Waals surface area contributed by atoms with Crippen LogP contribution >= 0.6 is 0 Å². The average molecular weight is 300 g/mol. The minimum absolute atomic E-state index is 0.0206. The summed E-state index contributed by atoms with van der Waals surface area (Å²) in [6, 6.07) is 5.72. The molecular weight excluding hydrogens is 280 g/mol. The Hall–Kier alpha value is -1.95. The van der Waals surface area contributed by atoms with Gasteiger partial charge in [0.25, 0.3) is 0 Å². The lowest BCUT2D eigenvalue weighted by Crippen LogP contribution is -2.49. The van der Waals surface area contributed by atoms with Crippen molar-refractivity contribution in [3.05, 3.63) is 35.2 Å². The highest BCUT2D eigenvalue weighted by Gasteiger charge is 2.50. The number of aromatic hydroxyl groups is 1. The maximum atomic E-state index is 9.91. The van der Waals surface area contributed by atoms with E-state index in [9.17, 15) is 5.11 Å². The average Bonchev–Trinajstić information content (AvgIpc) is 2.93. The van der Waals surface area contributed by atoms with Crippen molar-refractivity contribution in [1.29, 1.82) is 0 Å². The Balaban J connectivity index is 1.94. The molecule has 1 N–H and O–H groups in total. The Morgan fingerprint density at radius 1 is 1.41 bits per heavy atom. The van der Waals surface area contributed by atoms with Crippen LogP contribution in [-0.2, 0) is 28.5 Å². The predicted molar refractivity (Wildman–Crippen MR) is 79.8 cm³/mol. The van der Waals surface area contributed by atoms with Gasteiger partial charge >= 0.3 is 0 Å². The van der Waals surface area contributed by atoms with E-state index in [0.717, 1.165) is 31.5 Å². The molecule has 1 aromatic carbocycles. The van der Waals surface area contributed by atoms with Crippen LogP contribution in [0.25, 0.3) is 0 Å². The second kappa shape index (κ2) is 4.52. The largest absolute Gasteiger partial charge is 0.508 e. The van der Waals surface area contributed by atoms with Crippen molar-refractivity contribution in [1.82, 2.24) is 20.2 Å². The molecule has 2 heterocycles. The number of methoxy groups -OCH3 is 1. The van der Waals surface area contributed by atoms with E-state index in [1.807, 2.05) is 16.8 Å². The predicted octanol–water partition coefficient (Wildman–Crippen LogP) is 1.57. The molecule has 0 radical (unpaired) electrons. The van der Waals surface area contributed by atoms with Crippen LogP contribution in [0.2, 0.25) is 0 Å². The topological polar surface area (TPSA) is 73.1 Å². The van der Waals surface area contributed by atoms with Gasteiger partial charge in [0.05, 0.1) is 12.1 Å². The zero-order chi connectivity index (χ0) is 15.4. The number of hydrogen-bond acceptors (Lipinski definition) is 5. The lowest BCUT2D eigenvalue weighted by Gasteiger charge is -2.45. The summed E-state index contributed by atoms with van der Waals surface area (Å²) in [5.74, 6) is 1.26. The van der Waals surface area contributed by atoms with Gasteiger partial charge in [-0.05, 0) is 51.9 Å². The van der Waals surface area contributed by atoms with E-state index in [-0.39, 0.29) is 11.0 Å². The van der Waals surface area contributed by atoms with Gasteiger partial charge < -0.3 is 9.84 Å². The molecule has 116 valence electrons. The Kier molecular flexibility index (Phi) is 2.81. The first-order chi connectivity index (χ1) is 10.6. The number of fused-ring (bicyclic) bond motifs is 6. The van der Waals surface area contributed by atoms with Crippen LogP contribution in [-0.4, -0.2) is 39.0 Å². The van der Waals surface area contributed by atoms with Gasteiger partial charge in [0.1, 0.15) is 5.75 Å². The van der Waals surface area contributed by atoms with Gasteiger partial charge in [-0.1, -0.05) is 13.0 Å². The molecule has 0 saturated carbocycles. The van der Waals surface area contributed by atoms with Crippen LogP contribution in [0.3, 0.4) is 0 Å². The van der Waals surface area contributed by atoms with E-state index in [2.05, 4.69) is 22.4 Å². The highest BCUT2D eigenvalue weighted by atomic mass is 16.5. The molecule has 0 fully saturated rings. The summed E-state index contributed by atoms with van der Waals surface area (Å²) < 4.78 is 7.54. The number of rotatable bonds is 2. The second-order valence-electron chi connectivity index (χ2n) is 6.92. The van der Waals surface area contributed by atoms with Crippen LogP contribution < -0.4 is 0 Å². The zero-order valence-electron chi connectivity index (χ0n) is 12.9. The van der Waals surface area contributed by atoms with Crippen molar-refractivity contribution in [3.63, 3.8) is 0 Å². The molecule has 2 atom stereocenters. The zero-order valence-corrected chi connectivity index (χ0v) is 12.9. The van der Waals surface area contributed by atoms with Crippen molar-refractivity contribution >= 4 is 0 Å². The molecule has 4 rings (SSSR count). The molecule has 1 aliphatic carbocycles. The monoisotopic (exact) mass is 300 g/mol. The van der Waals surface area contributed by atoms with Crippen molar-refractivity contribution < 1.29 is 9.84 Å². The number of tetrazole rings is 1. The molecule has 2 bridgehead atoms. The molecule has 1 aromatic heterocycles. The molecule has 6 heteroatoms. The first kappa shape index (κ1) is 13.7. The molecule has 0 amide bonds. The second-order valence-corrected chi connectivity index (χ2v) is 6.92. The Bertz CT molecular complexity index is 729. The molecular formula is C16H20N4O2. The Morgan fingerprint density at radius 2 is 2.27 bits per heavy atom. The molecule has 0 spiro atoms. The highest BCUT2D eigenvalue weighted by Crippen LogP contribution is 2.50. The quantitative estimate of drug-likeness (QED) is 0.911. The van der Waals surface area contributed by atoms with E-state index >= 15 is 0 Å². The number of benzene rings is 1. The first-order valence-corrected chi connectivity index (χ1v) is 7.65. The minimum Gasteiger partial charge on any atom is -0.508 e. The number of nitrogens with zero attached hydrogens (tertiary/aromatic N) is 4. The van der Waals surface area contributed by atoms with Gasteiger partial charge in [0.15, 0.2) is 5.82 Å². The van der Waals surface area contributed by atoms with Crippen LogP contribution in [0.1, 0.15) is 36.7 Å². The van der Waals surface area contributed by atoms with Gasteiger partial charge in [0.2, 0.25) is 0 Å². The van der Waals surface area contributed by atoms with Crippen LogP contribution in [0.4, 0.5) is 0 Å². The molecule has 6 nitrogen and oxygen atoms in total. The van der Waals surface area contributed by atoms with E-state index in [1.165, 1.54) is 11.1 Å². The number of phenolic OH excluding ortho intramolecular Hbond substituents is 1. The smallest absolute Gasteiger partial charge is 0.152 e. The molecule has 0 saturated heterocycles. The fraction of sp³-hybridized carbons (Fsp3) is 0.562. The lowest BCUT2D eigenvalue weighted by molar-refractivity contribution is 0.0463. The third-order valence-corrected chi connectivity index (χ3v) is 5.28. The highest BCUT2D eigenvalue weighted by molar-refractivity contribution is 5.44. The normalized spacial score (nSPS) is 29.5. The van der Waals surface area contributed by atoms with Crippen molar-refractivity contribution in [3.8, 4) is 5.75 Å². The van der Waals surface area contributed by atoms with Gasteiger partial charge in [-0.15, -0.1) is 5.10 Å². The number of aromatic nitrogens is 4. The van der Waals surface area contributed by atoms with Crippen molar-refractivity contribution in [2.45, 2.75) is 43.6 Å². The summed E-state index contributed by atoms with van der Waals surface area (Å²) in [6.45, 7) is 2.86. The molecule has 1 aliphatic heterocycles.